The van der Waals surface area contributed by atoms with Crippen LogP contribution in [0.4, 0.5) is 0 Å². The van der Waals surface area contributed by atoms with Gasteiger partial charge < -0.3 is 4.74 Å². The molecular weight excluding hydrogens is 214 g/mol. The molecule has 0 bridgehead atoms. The fourth-order valence-electron chi connectivity index (χ4n) is 1.05. The Hall–Kier alpha value is -1.33. The second-order valence-corrected chi connectivity index (χ2v) is 4.81. The van der Waals surface area contributed by atoms with E-state index in [2.05, 4.69) is 0 Å². The Balaban J connectivity index is 3.09. The van der Waals surface area contributed by atoms with Gasteiger partial charge in [0.1, 0.15) is 5.75 Å². The Morgan fingerprint density at radius 2 is 2.13 bits per heavy atom. The van der Waals surface area contributed by atoms with E-state index in [9.17, 15) is 8.42 Å². The van der Waals surface area contributed by atoms with Crippen LogP contribution in [0.25, 0.3) is 6.08 Å². The third kappa shape index (κ3) is 3.38. The SMILES string of the molecule is COc1cccc(C=C(C)S(N)(=O)=O)c1. The average molecular weight is 227 g/mol. The zero-order valence-corrected chi connectivity index (χ0v) is 9.41. The minimum absolute atomic E-state index is 0.121. The van der Waals surface area contributed by atoms with Crippen molar-refractivity contribution < 1.29 is 13.2 Å². The Labute approximate surface area is 89.4 Å². The van der Waals surface area contributed by atoms with Crippen molar-refractivity contribution in [3.63, 3.8) is 0 Å². The zero-order valence-electron chi connectivity index (χ0n) is 8.60. The van der Waals surface area contributed by atoms with Gasteiger partial charge in [0.15, 0.2) is 0 Å². The predicted molar refractivity (Wildman–Crippen MR) is 59.8 cm³/mol. The molecule has 0 fully saturated rings. The van der Waals surface area contributed by atoms with Crippen molar-refractivity contribution >= 4 is 16.1 Å². The lowest BCUT2D eigenvalue weighted by atomic mass is 10.2. The number of ether oxygens (including phenoxy) is 1. The number of rotatable bonds is 3. The highest BCUT2D eigenvalue weighted by Gasteiger charge is 2.05. The van der Waals surface area contributed by atoms with E-state index >= 15 is 0 Å². The molecule has 0 spiro atoms. The molecule has 0 saturated heterocycles. The lowest BCUT2D eigenvalue weighted by Gasteiger charge is -2.01. The van der Waals surface area contributed by atoms with Crippen LogP contribution >= 0.6 is 0 Å². The summed E-state index contributed by atoms with van der Waals surface area (Å²) in [6.45, 7) is 1.45. The largest absolute Gasteiger partial charge is 0.497 e. The van der Waals surface area contributed by atoms with Crippen LogP contribution in [0, 0.1) is 0 Å². The van der Waals surface area contributed by atoms with Gasteiger partial charge in [-0.3, -0.25) is 0 Å². The number of primary sulfonamides is 1. The standard InChI is InChI=1S/C10H13NO3S/c1-8(15(11,12)13)6-9-4-3-5-10(7-9)14-2/h3-7H,1-2H3,(H2,11,12,13). The van der Waals surface area contributed by atoms with Crippen molar-refractivity contribution in [1.82, 2.24) is 0 Å². The normalized spacial score (nSPS) is 12.6. The molecule has 82 valence electrons. The minimum atomic E-state index is -3.60. The van der Waals surface area contributed by atoms with Crippen LogP contribution in [0.1, 0.15) is 12.5 Å². The van der Waals surface area contributed by atoms with Crippen LogP contribution in [0.15, 0.2) is 29.2 Å². The van der Waals surface area contributed by atoms with E-state index in [-0.39, 0.29) is 4.91 Å². The third-order valence-electron chi connectivity index (χ3n) is 1.91. The van der Waals surface area contributed by atoms with E-state index in [0.717, 1.165) is 5.56 Å². The van der Waals surface area contributed by atoms with E-state index in [1.807, 2.05) is 0 Å². The number of benzene rings is 1. The molecule has 0 atom stereocenters. The van der Waals surface area contributed by atoms with Crippen LogP contribution in [0.5, 0.6) is 5.75 Å². The molecule has 0 unspecified atom stereocenters. The van der Waals surface area contributed by atoms with E-state index < -0.39 is 10.0 Å². The first kappa shape index (κ1) is 11.7. The molecule has 15 heavy (non-hydrogen) atoms. The first-order valence-electron chi connectivity index (χ1n) is 4.28. The summed E-state index contributed by atoms with van der Waals surface area (Å²) in [6.07, 6.45) is 1.50. The Kier molecular flexibility index (Phi) is 3.49. The number of allylic oxidation sites excluding steroid dienone is 1. The van der Waals surface area contributed by atoms with Gasteiger partial charge in [0.05, 0.1) is 12.0 Å². The Morgan fingerprint density at radius 3 is 2.67 bits per heavy atom. The molecule has 1 aromatic rings. The molecular formula is C10H13NO3S. The molecule has 0 heterocycles. The lowest BCUT2D eigenvalue weighted by molar-refractivity contribution is 0.414. The smallest absolute Gasteiger partial charge is 0.233 e. The molecule has 1 aromatic carbocycles. The fraction of sp³-hybridized carbons (Fsp3) is 0.200. The number of hydrogen-bond donors (Lipinski definition) is 1. The predicted octanol–water partition coefficient (Wildman–Crippen LogP) is 1.34. The van der Waals surface area contributed by atoms with Crippen LogP contribution in [-0.2, 0) is 10.0 Å². The van der Waals surface area contributed by atoms with Gasteiger partial charge in [-0.15, -0.1) is 0 Å². The summed E-state index contributed by atoms with van der Waals surface area (Å²) >= 11 is 0. The summed E-state index contributed by atoms with van der Waals surface area (Å²) in [6, 6.07) is 7.07. The van der Waals surface area contributed by atoms with Gasteiger partial charge in [-0.1, -0.05) is 12.1 Å². The molecule has 5 heteroatoms. The second kappa shape index (κ2) is 4.46. The summed E-state index contributed by atoms with van der Waals surface area (Å²) in [5.41, 5.74) is 0.737. The molecule has 0 amide bonds. The quantitative estimate of drug-likeness (QED) is 0.847. The Bertz CT molecular complexity index is 477. The van der Waals surface area contributed by atoms with Crippen molar-refractivity contribution in [2.45, 2.75) is 6.92 Å². The minimum Gasteiger partial charge on any atom is -0.497 e. The molecule has 0 radical (unpaired) electrons. The Morgan fingerprint density at radius 1 is 1.47 bits per heavy atom. The van der Waals surface area contributed by atoms with Gasteiger partial charge in [0.25, 0.3) is 0 Å². The second-order valence-electron chi connectivity index (χ2n) is 3.08. The van der Waals surface area contributed by atoms with Crippen molar-refractivity contribution in [2.24, 2.45) is 5.14 Å². The third-order valence-corrected chi connectivity index (χ3v) is 2.93. The van der Waals surface area contributed by atoms with Crippen molar-refractivity contribution in [3.8, 4) is 5.75 Å². The van der Waals surface area contributed by atoms with E-state index in [1.54, 1.807) is 31.4 Å². The van der Waals surface area contributed by atoms with Crippen LogP contribution in [0.2, 0.25) is 0 Å². The zero-order chi connectivity index (χ0) is 11.5. The molecule has 0 aromatic heterocycles. The molecule has 4 nitrogen and oxygen atoms in total. The van der Waals surface area contributed by atoms with E-state index in [0.29, 0.717) is 5.75 Å². The van der Waals surface area contributed by atoms with Crippen LogP contribution in [-0.4, -0.2) is 15.5 Å². The highest BCUT2D eigenvalue weighted by molar-refractivity contribution is 7.93. The summed E-state index contributed by atoms with van der Waals surface area (Å²) in [5.74, 6) is 0.672. The molecule has 0 saturated carbocycles. The number of hydrogen-bond acceptors (Lipinski definition) is 3. The number of nitrogens with two attached hydrogens (primary N) is 1. The fourth-order valence-corrected chi connectivity index (χ4v) is 1.35. The maximum Gasteiger partial charge on any atom is 0.233 e. The van der Waals surface area contributed by atoms with Crippen molar-refractivity contribution in [3.05, 3.63) is 34.7 Å². The molecule has 1 rings (SSSR count). The first-order chi connectivity index (χ1) is 6.93. The van der Waals surface area contributed by atoms with Gasteiger partial charge in [-0.25, -0.2) is 13.6 Å². The van der Waals surface area contributed by atoms with Gasteiger partial charge in [0, 0.05) is 0 Å². The summed E-state index contributed by atoms with van der Waals surface area (Å²) < 4.78 is 26.9. The van der Waals surface area contributed by atoms with E-state index in [4.69, 9.17) is 9.88 Å². The maximum absolute atomic E-state index is 11.0. The maximum atomic E-state index is 11.0. The molecule has 0 aliphatic carbocycles. The molecule has 2 N–H and O–H groups in total. The number of sulfonamides is 1. The highest BCUT2D eigenvalue weighted by atomic mass is 32.2. The van der Waals surface area contributed by atoms with E-state index in [1.165, 1.54) is 13.0 Å². The summed E-state index contributed by atoms with van der Waals surface area (Å²) in [7, 11) is -2.05. The van der Waals surface area contributed by atoms with Gasteiger partial charge in [-0.2, -0.15) is 0 Å². The highest BCUT2D eigenvalue weighted by Crippen LogP contribution is 2.16. The average Bonchev–Trinajstić information content (AvgIpc) is 2.16. The summed E-state index contributed by atoms with van der Waals surface area (Å²) in [4.78, 5) is 0.121. The van der Waals surface area contributed by atoms with Gasteiger partial charge in [-0.05, 0) is 30.7 Å². The number of methoxy groups -OCH3 is 1. The monoisotopic (exact) mass is 227 g/mol. The summed E-state index contributed by atoms with van der Waals surface area (Å²) in [5, 5.41) is 4.97. The van der Waals surface area contributed by atoms with Gasteiger partial charge >= 0.3 is 0 Å². The van der Waals surface area contributed by atoms with Crippen molar-refractivity contribution in [1.29, 1.82) is 0 Å². The van der Waals surface area contributed by atoms with Gasteiger partial charge in [0.2, 0.25) is 10.0 Å². The van der Waals surface area contributed by atoms with Crippen LogP contribution in [0.3, 0.4) is 0 Å². The van der Waals surface area contributed by atoms with Crippen molar-refractivity contribution in [2.75, 3.05) is 7.11 Å². The molecule has 0 aliphatic heterocycles. The topological polar surface area (TPSA) is 69.4 Å². The molecule has 0 aliphatic rings. The first-order valence-corrected chi connectivity index (χ1v) is 5.83. The lowest BCUT2D eigenvalue weighted by Crippen LogP contribution is -2.12. The van der Waals surface area contributed by atoms with Crippen LogP contribution < -0.4 is 9.88 Å².